The van der Waals surface area contributed by atoms with Crippen molar-refractivity contribution in [3.8, 4) is 0 Å². The summed E-state index contributed by atoms with van der Waals surface area (Å²) in [7, 11) is 0. The Morgan fingerprint density at radius 1 is 1.62 bits per heavy atom. The van der Waals surface area contributed by atoms with E-state index in [9.17, 15) is 4.79 Å². The van der Waals surface area contributed by atoms with E-state index < -0.39 is 0 Å². The third-order valence-corrected chi connectivity index (χ3v) is 3.19. The molecule has 72 valence electrons. The van der Waals surface area contributed by atoms with Crippen molar-refractivity contribution in [2.75, 3.05) is 12.4 Å². The van der Waals surface area contributed by atoms with Crippen molar-refractivity contribution in [2.24, 2.45) is 0 Å². The van der Waals surface area contributed by atoms with E-state index in [0.29, 0.717) is 6.54 Å². The van der Waals surface area contributed by atoms with Crippen molar-refractivity contribution in [3.05, 3.63) is 21.6 Å². The maximum absolute atomic E-state index is 11.6. The number of aliphatic hydroxyl groups excluding tert-OH is 1. The van der Waals surface area contributed by atoms with Gasteiger partial charge in [0, 0.05) is 17.0 Å². The molecule has 4 nitrogen and oxygen atoms in total. The smallest absolute Gasteiger partial charge is 0.270 e. The van der Waals surface area contributed by atoms with Crippen LogP contribution in [0.3, 0.4) is 0 Å². The molecule has 1 aromatic rings. The van der Waals surface area contributed by atoms with E-state index in [-0.39, 0.29) is 12.2 Å². The number of hydrogen-bond donors (Lipinski definition) is 2. The van der Waals surface area contributed by atoms with Crippen LogP contribution in [-0.4, -0.2) is 27.2 Å². The summed E-state index contributed by atoms with van der Waals surface area (Å²) >= 11 is 1.79. The number of thioether (sulfide) groups is 1. The lowest BCUT2D eigenvalue weighted by Crippen LogP contribution is -2.20. The van der Waals surface area contributed by atoms with Gasteiger partial charge < -0.3 is 5.11 Å². The van der Waals surface area contributed by atoms with Gasteiger partial charge in [0.05, 0.1) is 13.2 Å². The van der Waals surface area contributed by atoms with Gasteiger partial charge in [0.1, 0.15) is 0 Å². The number of nitrogens with one attached hydrogen (secondary N) is 1. The van der Waals surface area contributed by atoms with E-state index >= 15 is 0 Å². The zero-order valence-electron chi connectivity index (χ0n) is 7.25. The van der Waals surface area contributed by atoms with Crippen LogP contribution in [0.2, 0.25) is 0 Å². The highest BCUT2D eigenvalue weighted by Crippen LogP contribution is 2.19. The number of aryl methyl sites for hydroxylation is 1. The maximum Gasteiger partial charge on any atom is 0.270 e. The predicted octanol–water partition coefficient (Wildman–Crippen LogP) is -0.0420. The first-order chi connectivity index (χ1) is 6.33. The molecule has 2 N–H and O–H groups in total. The molecular weight excluding hydrogens is 188 g/mol. The highest BCUT2D eigenvalue weighted by molar-refractivity contribution is 7.98. The first-order valence-corrected chi connectivity index (χ1v) is 5.47. The summed E-state index contributed by atoms with van der Waals surface area (Å²) in [6, 6.07) is 0. The molecule has 2 rings (SSSR count). The second-order valence-corrected chi connectivity index (χ2v) is 4.16. The van der Waals surface area contributed by atoms with Crippen molar-refractivity contribution in [2.45, 2.75) is 18.7 Å². The highest BCUT2D eigenvalue weighted by Gasteiger charge is 2.17. The third kappa shape index (κ3) is 1.53. The number of rotatable bonds is 2. The number of nitrogens with zero attached hydrogens (tertiary/aromatic N) is 1. The monoisotopic (exact) mass is 200 g/mol. The zero-order chi connectivity index (χ0) is 9.26. The Morgan fingerprint density at radius 3 is 3.15 bits per heavy atom. The SMILES string of the molecule is O=c1c2c([nH]n1CCO)CCSC2. The standard InChI is InChI=1S/C8H12N2O2S/c11-3-2-10-8(12)6-5-13-4-1-7(6)9-10/h9,11H,1-5H2. The average Bonchev–Trinajstić information content (AvgIpc) is 2.46. The van der Waals surface area contributed by atoms with Crippen molar-refractivity contribution in [1.29, 1.82) is 0 Å². The molecule has 0 saturated heterocycles. The van der Waals surface area contributed by atoms with Crippen LogP contribution in [0, 0.1) is 0 Å². The molecule has 0 amide bonds. The highest BCUT2D eigenvalue weighted by atomic mass is 32.2. The maximum atomic E-state index is 11.6. The summed E-state index contributed by atoms with van der Waals surface area (Å²) in [5.41, 5.74) is 1.98. The van der Waals surface area contributed by atoms with Crippen LogP contribution in [0.1, 0.15) is 11.3 Å². The first kappa shape index (κ1) is 8.90. The van der Waals surface area contributed by atoms with Crippen molar-refractivity contribution in [1.82, 2.24) is 9.78 Å². The van der Waals surface area contributed by atoms with Gasteiger partial charge in [-0.05, 0) is 12.2 Å². The lowest BCUT2D eigenvalue weighted by atomic mass is 10.2. The Labute approximate surface area is 79.9 Å². The van der Waals surface area contributed by atoms with Gasteiger partial charge in [-0.25, -0.2) is 0 Å². The van der Waals surface area contributed by atoms with Gasteiger partial charge in [-0.1, -0.05) is 0 Å². The average molecular weight is 200 g/mol. The quantitative estimate of drug-likeness (QED) is 0.704. The molecule has 0 atom stereocenters. The lowest BCUT2D eigenvalue weighted by Gasteiger charge is -2.07. The van der Waals surface area contributed by atoms with E-state index in [1.165, 1.54) is 4.68 Å². The molecule has 0 unspecified atom stereocenters. The van der Waals surface area contributed by atoms with Crippen LogP contribution in [0.4, 0.5) is 0 Å². The Kier molecular flexibility index (Phi) is 2.46. The fraction of sp³-hybridized carbons (Fsp3) is 0.625. The summed E-state index contributed by atoms with van der Waals surface area (Å²) in [6.45, 7) is 0.378. The molecule has 0 saturated carbocycles. The van der Waals surface area contributed by atoms with Crippen molar-refractivity contribution in [3.63, 3.8) is 0 Å². The summed E-state index contributed by atoms with van der Waals surface area (Å²) < 4.78 is 1.50. The van der Waals surface area contributed by atoms with Crippen molar-refractivity contribution < 1.29 is 5.11 Å². The Morgan fingerprint density at radius 2 is 2.46 bits per heavy atom. The summed E-state index contributed by atoms with van der Waals surface area (Å²) in [5, 5.41) is 11.8. The molecule has 1 aromatic heterocycles. The lowest BCUT2D eigenvalue weighted by molar-refractivity contribution is 0.267. The number of fused-ring (bicyclic) bond motifs is 1. The largest absolute Gasteiger partial charge is 0.394 e. The molecule has 0 spiro atoms. The molecule has 2 heterocycles. The molecule has 1 aliphatic heterocycles. The molecule has 1 aliphatic rings. The van der Waals surface area contributed by atoms with Crippen molar-refractivity contribution >= 4 is 11.8 Å². The van der Waals surface area contributed by atoms with Crippen LogP contribution in [0.15, 0.2) is 4.79 Å². The number of aliphatic hydroxyl groups is 1. The second-order valence-electron chi connectivity index (χ2n) is 3.05. The normalized spacial score (nSPS) is 15.8. The van der Waals surface area contributed by atoms with E-state index in [1.807, 2.05) is 0 Å². The molecule has 13 heavy (non-hydrogen) atoms. The van der Waals surface area contributed by atoms with Crippen LogP contribution < -0.4 is 5.56 Å². The van der Waals surface area contributed by atoms with Gasteiger partial charge in [0.25, 0.3) is 5.56 Å². The molecule has 0 radical (unpaired) electrons. The van der Waals surface area contributed by atoms with E-state index in [4.69, 9.17) is 5.11 Å². The summed E-state index contributed by atoms with van der Waals surface area (Å²) in [5.74, 6) is 1.88. The number of H-pyrrole nitrogens is 1. The second kappa shape index (κ2) is 3.59. The topological polar surface area (TPSA) is 58.0 Å². The Bertz CT molecular complexity index is 356. The number of hydrogen-bond acceptors (Lipinski definition) is 3. The van der Waals surface area contributed by atoms with Gasteiger partial charge >= 0.3 is 0 Å². The molecule has 0 bridgehead atoms. The Balaban J connectivity index is 2.39. The minimum Gasteiger partial charge on any atom is -0.394 e. The molecule has 5 heteroatoms. The molecule has 0 aromatic carbocycles. The van der Waals surface area contributed by atoms with Crippen LogP contribution in [0.25, 0.3) is 0 Å². The first-order valence-electron chi connectivity index (χ1n) is 4.32. The third-order valence-electron chi connectivity index (χ3n) is 2.20. The van der Waals surface area contributed by atoms with E-state index in [2.05, 4.69) is 5.10 Å². The molecule has 0 aliphatic carbocycles. The summed E-state index contributed by atoms with van der Waals surface area (Å²) in [6.07, 6.45) is 0.938. The van der Waals surface area contributed by atoms with Gasteiger partial charge in [0.2, 0.25) is 0 Å². The van der Waals surface area contributed by atoms with Crippen LogP contribution >= 0.6 is 11.8 Å². The minimum absolute atomic E-state index is 0.00639. The van der Waals surface area contributed by atoms with Gasteiger partial charge in [0.15, 0.2) is 0 Å². The van der Waals surface area contributed by atoms with E-state index in [0.717, 1.165) is 29.2 Å². The van der Waals surface area contributed by atoms with Gasteiger partial charge in [-0.3, -0.25) is 14.6 Å². The summed E-state index contributed by atoms with van der Waals surface area (Å²) in [4.78, 5) is 11.6. The number of aromatic amines is 1. The predicted molar refractivity (Wildman–Crippen MR) is 52.0 cm³/mol. The fourth-order valence-corrected chi connectivity index (χ4v) is 2.53. The number of aromatic nitrogens is 2. The minimum atomic E-state index is 0.00639. The van der Waals surface area contributed by atoms with Crippen LogP contribution in [0.5, 0.6) is 0 Å². The fourth-order valence-electron chi connectivity index (χ4n) is 1.53. The zero-order valence-corrected chi connectivity index (χ0v) is 8.06. The molecular formula is C8H12N2O2S. The van der Waals surface area contributed by atoms with Crippen LogP contribution in [-0.2, 0) is 18.7 Å². The Hall–Kier alpha value is -0.680. The van der Waals surface area contributed by atoms with E-state index in [1.54, 1.807) is 11.8 Å². The van der Waals surface area contributed by atoms with Gasteiger partial charge in [-0.15, -0.1) is 0 Å². The van der Waals surface area contributed by atoms with Gasteiger partial charge in [-0.2, -0.15) is 11.8 Å². The molecule has 0 fully saturated rings.